The molecule has 0 unspecified atom stereocenters. The van der Waals surface area contributed by atoms with E-state index in [4.69, 9.17) is 5.73 Å². The highest BCUT2D eigenvalue weighted by molar-refractivity contribution is 9.11. The molecule has 15 heavy (non-hydrogen) atoms. The van der Waals surface area contributed by atoms with Gasteiger partial charge < -0.3 is 5.73 Å². The molecule has 2 heterocycles. The van der Waals surface area contributed by atoms with Crippen LogP contribution in [0.3, 0.4) is 0 Å². The van der Waals surface area contributed by atoms with Crippen LogP contribution in [0.5, 0.6) is 0 Å². The molecule has 0 atom stereocenters. The molecular formula is C10H12BrN3S. The highest BCUT2D eigenvalue weighted by Crippen LogP contribution is 2.33. The number of hydrogen-bond donors (Lipinski definition) is 1. The van der Waals surface area contributed by atoms with Gasteiger partial charge in [0.05, 0.1) is 20.1 Å². The SMILES string of the molecule is Cc1c(CN)nn(C)c1-c1ccc(Br)s1. The van der Waals surface area contributed by atoms with E-state index in [2.05, 4.69) is 40.1 Å². The third-order valence-electron chi connectivity index (χ3n) is 2.38. The molecule has 2 rings (SSSR count). The van der Waals surface area contributed by atoms with Crippen molar-refractivity contribution in [2.45, 2.75) is 13.5 Å². The van der Waals surface area contributed by atoms with Crippen LogP contribution in [0.25, 0.3) is 10.6 Å². The van der Waals surface area contributed by atoms with Crippen molar-refractivity contribution in [3.8, 4) is 10.6 Å². The molecule has 80 valence electrons. The van der Waals surface area contributed by atoms with Gasteiger partial charge in [-0.2, -0.15) is 5.10 Å². The minimum atomic E-state index is 0.492. The molecule has 0 aliphatic carbocycles. The van der Waals surface area contributed by atoms with Gasteiger partial charge in [0.2, 0.25) is 0 Å². The molecule has 2 aromatic rings. The normalized spacial score (nSPS) is 10.9. The Bertz CT molecular complexity index is 487. The summed E-state index contributed by atoms with van der Waals surface area (Å²) in [7, 11) is 1.95. The highest BCUT2D eigenvalue weighted by atomic mass is 79.9. The van der Waals surface area contributed by atoms with Crippen LogP contribution in [0.15, 0.2) is 15.9 Å². The number of nitrogens with two attached hydrogens (primary N) is 1. The summed E-state index contributed by atoms with van der Waals surface area (Å²) in [5.74, 6) is 0. The maximum Gasteiger partial charge on any atom is 0.0811 e. The largest absolute Gasteiger partial charge is 0.325 e. The van der Waals surface area contributed by atoms with Gasteiger partial charge in [-0.05, 0) is 35.0 Å². The number of rotatable bonds is 2. The topological polar surface area (TPSA) is 43.8 Å². The van der Waals surface area contributed by atoms with Crippen molar-refractivity contribution in [1.82, 2.24) is 9.78 Å². The molecule has 0 aromatic carbocycles. The standard InChI is InChI=1S/C10H12BrN3S/c1-6-7(5-12)13-14(2)10(6)8-3-4-9(11)15-8/h3-4H,5,12H2,1-2H3. The third-order valence-corrected chi connectivity index (χ3v) is 4.01. The van der Waals surface area contributed by atoms with Gasteiger partial charge in [-0.15, -0.1) is 11.3 Å². The lowest BCUT2D eigenvalue weighted by Crippen LogP contribution is -1.99. The maximum absolute atomic E-state index is 5.63. The third kappa shape index (κ3) is 1.87. The van der Waals surface area contributed by atoms with E-state index >= 15 is 0 Å². The van der Waals surface area contributed by atoms with Crippen molar-refractivity contribution >= 4 is 27.3 Å². The minimum Gasteiger partial charge on any atom is -0.325 e. The molecule has 5 heteroatoms. The van der Waals surface area contributed by atoms with Crippen LogP contribution in [0, 0.1) is 6.92 Å². The first-order chi connectivity index (χ1) is 7.13. The van der Waals surface area contributed by atoms with Crippen molar-refractivity contribution in [3.05, 3.63) is 27.2 Å². The summed E-state index contributed by atoms with van der Waals surface area (Å²) in [5, 5.41) is 4.40. The van der Waals surface area contributed by atoms with Crippen LogP contribution in [-0.4, -0.2) is 9.78 Å². The highest BCUT2D eigenvalue weighted by Gasteiger charge is 2.14. The molecule has 0 amide bonds. The van der Waals surface area contributed by atoms with E-state index in [1.165, 1.54) is 10.4 Å². The Morgan fingerprint density at radius 3 is 2.73 bits per heavy atom. The second kappa shape index (κ2) is 4.08. The number of halogens is 1. The Hall–Kier alpha value is -0.650. The van der Waals surface area contributed by atoms with Crippen LogP contribution in [-0.2, 0) is 13.6 Å². The first-order valence-corrected chi connectivity index (χ1v) is 6.22. The molecule has 0 fully saturated rings. The number of hydrogen-bond acceptors (Lipinski definition) is 3. The summed E-state index contributed by atoms with van der Waals surface area (Å²) in [4.78, 5) is 1.22. The van der Waals surface area contributed by atoms with Crippen LogP contribution in [0.1, 0.15) is 11.3 Å². The van der Waals surface area contributed by atoms with E-state index in [9.17, 15) is 0 Å². The van der Waals surface area contributed by atoms with Gasteiger partial charge in [0.25, 0.3) is 0 Å². The monoisotopic (exact) mass is 285 g/mol. The summed E-state index contributed by atoms with van der Waals surface area (Å²) in [6.45, 7) is 2.56. The van der Waals surface area contributed by atoms with Crippen molar-refractivity contribution in [2.75, 3.05) is 0 Å². The molecule has 0 saturated heterocycles. The van der Waals surface area contributed by atoms with Crippen molar-refractivity contribution in [1.29, 1.82) is 0 Å². The Kier molecular flexibility index (Phi) is 2.95. The number of nitrogens with zero attached hydrogens (tertiary/aromatic N) is 2. The molecule has 0 saturated carbocycles. The Morgan fingerprint density at radius 2 is 2.27 bits per heavy atom. The minimum absolute atomic E-state index is 0.492. The van der Waals surface area contributed by atoms with E-state index < -0.39 is 0 Å². The molecule has 2 N–H and O–H groups in total. The smallest absolute Gasteiger partial charge is 0.0811 e. The first-order valence-electron chi connectivity index (χ1n) is 4.61. The molecule has 3 nitrogen and oxygen atoms in total. The van der Waals surface area contributed by atoms with Crippen molar-refractivity contribution < 1.29 is 0 Å². The number of aryl methyl sites for hydroxylation is 1. The predicted molar refractivity (Wildman–Crippen MR) is 66.8 cm³/mol. The van der Waals surface area contributed by atoms with Gasteiger partial charge in [-0.3, -0.25) is 4.68 Å². The fourth-order valence-electron chi connectivity index (χ4n) is 1.67. The van der Waals surface area contributed by atoms with E-state index in [-0.39, 0.29) is 0 Å². The second-order valence-corrected chi connectivity index (χ2v) is 5.81. The molecule has 0 radical (unpaired) electrons. The van der Waals surface area contributed by atoms with Crippen LogP contribution in [0.2, 0.25) is 0 Å². The fourth-order valence-corrected chi connectivity index (χ4v) is 3.18. The lowest BCUT2D eigenvalue weighted by atomic mass is 10.2. The predicted octanol–water partition coefficient (Wildman–Crippen LogP) is 2.68. The van der Waals surface area contributed by atoms with Gasteiger partial charge in [-0.25, -0.2) is 0 Å². The first kappa shape index (κ1) is 10.9. The average molecular weight is 286 g/mol. The fraction of sp³-hybridized carbons (Fsp3) is 0.300. The quantitative estimate of drug-likeness (QED) is 0.922. The van der Waals surface area contributed by atoms with Crippen molar-refractivity contribution in [3.63, 3.8) is 0 Å². The molecular weight excluding hydrogens is 274 g/mol. The number of thiophene rings is 1. The van der Waals surface area contributed by atoms with E-state index in [0.29, 0.717) is 6.54 Å². The van der Waals surface area contributed by atoms with E-state index in [1.807, 2.05) is 11.7 Å². The van der Waals surface area contributed by atoms with Gasteiger partial charge in [0, 0.05) is 19.2 Å². The van der Waals surface area contributed by atoms with Crippen molar-refractivity contribution in [2.24, 2.45) is 12.8 Å². The molecule has 0 spiro atoms. The Balaban J connectivity index is 2.57. The lowest BCUT2D eigenvalue weighted by molar-refractivity contribution is 0.750. The summed E-state index contributed by atoms with van der Waals surface area (Å²) < 4.78 is 3.03. The van der Waals surface area contributed by atoms with Gasteiger partial charge in [-0.1, -0.05) is 0 Å². The number of aromatic nitrogens is 2. The van der Waals surface area contributed by atoms with E-state index in [0.717, 1.165) is 15.2 Å². The zero-order valence-corrected chi connectivity index (χ0v) is 11.0. The maximum atomic E-state index is 5.63. The van der Waals surface area contributed by atoms with Crippen LogP contribution in [0.4, 0.5) is 0 Å². The molecule has 0 bridgehead atoms. The van der Waals surface area contributed by atoms with Gasteiger partial charge in [0.15, 0.2) is 0 Å². The second-order valence-electron chi connectivity index (χ2n) is 3.35. The average Bonchev–Trinajstić information content (AvgIpc) is 2.71. The van der Waals surface area contributed by atoms with E-state index in [1.54, 1.807) is 11.3 Å². The van der Waals surface area contributed by atoms with Gasteiger partial charge >= 0.3 is 0 Å². The summed E-state index contributed by atoms with van der Waals surface area (Å²) in [6, 6.07) is 4.15. The summed E-state index contributed by atoms with van der Waals surface area (Å²) in [5.41, 5.74) is 8.94. The van der Waals surface area contributed by atoms with Crippen LogP contribution >= 0.6 is 27.3 Å². The zero-order valence-electron chi connectivity index (χ0n) is 8.62. The Morgan fingerprint density at radius 1 is 1.53 bits per heavy atom. The molecule has 2 aromatic heterocycles. The molecule has 0 aliphatic heterocycles. The van der Waals surface area contributed by atoms with Crippen LogP contribution < -0.4 is 5.73 Å². The summed E-state index contributed by atoms with van der Waals surface area (Å²) >= 11 is 5.17. The molecule has 0 aliphatic rings. The summed E-state index contributed by atoms with van der Waals surface area (Å²) in [6.07, 6.45) is 0. The lowest BCUT2D eigenvalue weighted by Gasteiger charge is -1.99. The van der Waals surface area contributed by atoms with Gasteiger partial charge in [0.1, 0.15) is 0 Å². The zero-order chi connectivity index (χ0) is 11.0. The Labute approximate surface area is 101 Å².